The van der Waals surface area contributed by atoms with E-state index in [9.17, 15) is 9.90 Å². The molecule has 104 valence electrons. The Kier molecular flexibility index (Phi) is 3.60. The van der Waals surface area contributed by atoms with Gasteiger partial charge in [0.05, 0.1) is 11.6 Å². The van der Waals surface area contributed by atoms with Crippen LogP contribution < -0.4 is 9.47 Å². The zero-order chi connectivity index (χ0) is 14.2. The number of benzene rings is 1. The zero-order valence-corrected chi connectivity index (χ0v) is 11.7. The summed E-state index contributed by atoms with van der Waals surface area (Å²) in [6.45, 7) is 5.35. The molecule has 1 unspecified atom stereocenters. The van der Waals surface area contributed by atoms with Gasteiger partial charge >= 0.3 is 5.97 Å². The Balaban J connectivity index is 2.32. The number of aliphatic hydroxyl groups is 1. The smallest absolute Gasteiger partial charge is 0.339 e. The molecule has 1 aromatic rings. The second kappa shape index (κ2) is 4.90. The first kappa shape index (κ1) is 14.0. The predicted molar refractivity (Wildman–Crippen MR) is 68.4 cm³/mol. The molecule has 0 radical (unpaired) electrons. The molecular weight excluding hydrogens is 272 g/mol. The van der Waals surface area contributed by atoms with Crippen molar-refractivity contribution < 1.29 is 24.1 Å². The number of carbonyl (C=O) groups excluding carboxylic acids is 1. The third-order valence-corrected chi connectivity index (χ3v) is 2.91. The quantitative estimate of drug-likeness (QED) is 0.865. The minimum absolute atomic E-state index is 0.186. The summed E-state index contributed by atoms with van der Waals surface area (Å²) in [6, 6.07) is 3.01. The van der Waals surface area contributed by atoms with Gasteiger partial charge < -0.3 is 19.3 Å². The van der Waals surface area contributed by atoms with Crippen LogP contribution in [0.25, 0.3) is 0 Å². The molecule has 19 heavy (non-hydrogen) atoms. The number of hydrogen-bond donors (Lipinski definition) is 1. The van der Waals surface area contributed by atoms with E-state index in [1.807, 2.05) is 0 Å². The molecule has 0 bridgehead atoms. The number of rotatable bonds is 3. The van der Waals surface area contributed by atoms with Crippen LogP contribution in [-0.2, 0) is 9.53 Å². The Labute approximate surface area is 116 Å². The van der Waals surface area contributed by atoms with E-state index in [-0.39, 0.29) is 17.2 Å². The van der Waals surface area contributed by atoms with Crippen molar-refractivity contribution in [2.45, 2.75) is 32.7 Å². The van der Waals surface area contributed by atoms with Gasteiger partial charge in [0.25, 0.3) is 0 Å². The van der Waals surface area contributed by atoms with Crippen molar-refractivity contribution in [1.82, 2.24) is 0 Å². The Morgan fingerprint density at radius 1 is 1.42 bits per heavy atom. The molecular formula is C13H15ClO5. The van der Waals surface area contributed by atoms with Gasteiger partial charge in [0.1, 0.15) is 0 Å². The Morgan fingerprint density at radius 2 is 2.00 bits per heavy atom. The summed E-state index contributed by atoms with van der Waals surface area (Å²) in [7, 11) is 0. The molecule has 0 aliphatic carbocycles. The van der Waals surface area contributed by atoms with Gasteiger partial charge in [0, 0.05) is 25.5 Å². The van der Waals surface area contributed by atoms with E-state index in [1.54, 1.807) is 20.8 Å². The fourth-order valence-electron chi connectivity index (χ4n) is 1.82. The summed E-state index contributed by atoms with van der Waals surface area (Å²) in [4.78, 5) is 11.5. The van der Waals surface area contributed by atoms with Crippen molar-refractivity contribution in [3.8, 4) is 11.5 Å². The van der Waals surface area contributed by atoms with Crippen molar-refractivity contribution >= 4 is 17.6 Å². The Morgan fingerprint density at radius 3 is 2.58 bits per heavy atom. The molecule has 0 aromatic heterocycles. The van der Waals surface area contributed by atoms with Crippen molar-refractivity contribution in [3.05, 3.63) is 22.7 Å². The molecule has 5 nitrogen and oxygen atoms in total. The molecule has 0 amide bonds. The number of carbonyl (C=O) groups is 1. The highest BCUT2D eigenvalue weighted by molar-refractivity contribution is 6.31. The fourth-order valence-corrected chi connectivity index (χ4v) is 2.08. The molecule has 1 heterocycles. The standard InChI is InChI=1S/C13H15ClO5/c1-4-17-12(16)11(15)7-5-9-10(6-8(7)14)19-13(2,3)18-9/h5-6,11,15H,4H2,1-3H3. The molecule has 2 rings (SSSR count). The maximum absolute atomic E-state index is 11.5. The van der Waals surface area contributed by atoms with E-state index in [2.05, 4.69) is 0 Å². The zero-order valence-electron chi connectivity index (χ0n) is 10.9. The van der Waals surface area contributed by atoms with Gasteiger partial charge in [-0.2, -0.15) is 0 Å². The monoisotopic (exact) mass is 286 g/mol. The van der Waals surface area contributed by atoms with Crippen LogP contribution in [0.15, 0.2) is 12.1 Å². The van der Waals surface area contributed by atoms with Crippen molar-refractivity contribution in [1.29, 1.82) is 0 Å². The number of halogens is 1. The van der Waals surface area contributed by atoms with Crippen molar-refractivity contribution in [3.63, 3.8) is 0 Å². The van der Waals surface area contributed by atoms with E-state index in [0.29, 0.717) is 11.5 Å². The highest BCUT2D eigenvalue weighted by Crippen LogP contribution is 2.43. The highest BCUT2D eigenvalue weighted by atomic mass is 35.5. The van der Waals surface area contributed by atoms with Gasteiger partial charge in [-0.05, 0) is 13.0 Å². The minimum Gasteiger partial charge on any atom is -0.464 e. The van der Waals surface area contributed by atoms with E-state index in [1.165, 1.54) is 12.1 Å². The lowest BCUT2D eigenvalue weighted by Gasteiger charge is -2.16. The number of fused-ring (bicyclic) bond motifs is 1. The summed E-state index contributed by atoms with van der Waals surface area (Å²) in [6.07, 6.45) is -1.44. The van der Waals surface area contributed by atoms with Crippen LogP contribution in [0.3, 0.4) is 0 Å². The first-order valence-corrected chi connectivity index (χ1v) is 6.28. The lowest BCUT2D eigenvalue weighted by atomic mass is 10.1. The van der Waals surface area contributed by atoms with Crippen LogP contribution in [0.1, 0.15) is 32.4 Å². The molecule has 1 aliphatic heterocycles. The molecule has 0 fully saturated rings. The Bertz CT molecular complexity index is 512. The molecule has 0 spiro atoms. The molecule has 6 heteroatoms. The summed E-state index contributed by atoms with van der Waals surface area (Å²) in [5.74, 6) is -0.621. The maximum atomic E-state index is 11.5. The predicted octanol–water partition coefficient (Wildman–Crippen LogP) is 2.44. The summed E-state index contributed by atoms with van der Waals surface area (Å²) < 4.78 is 15.8. The van der Waals surface area contributed by atoms with Crippen LogP contribution in [0.4, 0.5) is 0 Å². The van der Waals surface area contributed by atoms with E-state index in [4.69, 9.17) is 25.8 Å². The minimum atomic E-state index is -1.44. The number of ether oxygens (including phenoxy) is 3. The lowest BCUT2D eigenvalue weighted by Crippen LogP contribution is -2.29. The third-order valence-electron chi connectivity index (χ3n) is 2.58. The topological polar surface area (TPSA) is 65.0 Å². The third kappa shape index (κ3) is 2.77. The molecule has 1 atom stereocenters. The molecule has 1 aliphatic rings. The fraction of sp³-hybridized carbons (Fsp3) is 0.462. The van der Waals surface area contributed by atoms with Crippen molar-refractivity contribution in [2.24, 2.45) is 0 Å². The van der Waals surface area contributed by atoms with Crippen LogP contribution in [0.5, 0.6) is 11.5 Å². The first-order chi connectivity index (χ1) is 8.84. The van der Waals surface area contributed by atoms with E-state index >= 15 is 0 Å². The lowest BCUT2D eigenvalue weighted by molar-refractivity contribution is -0.153. The molecule has 1 N–H and O–H groups in total. The van der Waals surface area contributed by atoms with Crippen LogP contribution in [0, 0.1) is 0 Å². The second-order valence-corrected chi connectivity index (χ2v) is 4.99. The van der Waals surface area contributed by atoms with Gasteiger partial charge in [0.2, 0.25) is 5.79 Å². The van der Waals surface area contributed by atoms with E-state index < -0.39 is 17.9 Å². The van der Waals surface area contributed by atoms with Crippen molar-refractivity contribution in [2.75, 3.05) is 6.61 Å². The maximum Gasteiger partial charge on any atom is 0.339 e. The first-order valence-electron chi connectivity index (χ1n) is 5.90. The summed E-state index contributed by atoms with van der Waals surface area (Å²) >= 11 is 6.04. The van der Waals surface area contributed by atoms with Crippen LogP contribution in [-0.4, -0.2) is 23.5 Å². The highest BCUT2D eigenvalue weighted by Gasteiger charge is 2.34. The molecule has 1 aromatic carbocycles. The van der Waals surface area contributed by atoms with Gasteiger partial charge in [0.15, 0.2) is 17.6 Å². The van der Waals surface area contributed by atoms with Gasteiger partial charge in [-0.15, -0.1) is 0 Å². The normalized spacial score (nSPS) is 17.1. The molecule has 0 saturated heterocycles. The van der Waals surface area contributed by atoms with Gasteiger partial charge in [-0.25, -0.2) is 4.79 Å². The SMILES string of the molecule is CCOC(=O)C(O)c1cc2c(cc1Cl)OC(C)(C)O2. The largest absolute Gasteiger partial charge is 0.464 e. The number of esters is 1. The molecule has 0 saturated carbocycles. The van der Waals surface area contributed by atoms with Gasteiger partial charge in [-0.1, -0.05) is 11.6 Å². The van der Waals surface area contributed by atoms with Crippen LogP contribution in [0.2, 0.25) is 5.02 Å². The summed E-state index contributed by atoms with van der Waals surface area (Å²) in [5, 5.41) is 10.1. The average molecular weight is 287 g/mol. The summed E-state index contributed by atoms with van der Waals surface area (Å²) in [5.41, 5.74) is 0.236. The van der Waals surface area contributed by atoms with Crippen LogP contribution >= 0.6 is 11.6 Å². The number of hydrogen-bond acceptors (Lipinski definition) is 5. The van der Waals surface area contributed by atoms with Gasteiger partial charge in [-0.3, -0.25) is 0 Å². The van der Waals surface area contributed by atoms with E-state index in [0.717, 1.165) is 0 Å². The Hall–Kier alpha value is -1.46. The second-order valence-electron chi connectivity index (χ2n) is 4.58. The average Bonchev–Trinajstić information content (AvgIpc) is 2.60. The number of aliphatic hydroxyl groups excluding tert-OH is 1.